The van der Waals surface area contributed by atoms with Crippen molar-refractivity contribution in [2.24, 2.45) is 5.92 Å². The number of rotatable bonds is 6. The highest BCUT2D eigenvalue weighted by molar-refractivity contribution is 5.39. The first-order valence-corrected chi connectivity index (χ1v) is 7.17. The van der Waals surface area contributed by atoms with Gasteiger partial charge in [-0.3, -0.25) is 0 Å². The zero-order valence-corrected chi connectivity index (χ0v) is 12.1. The maximum atomic E-state index is 5.04. The SMILES string of the molecule is COCCNCC1CCN(c2ccc(C)cn2)CC1. The van der Waals surface area contributed by atoms with Crippen LogP contribution in [-0.4, -0.2) is 44.9 Å². The van der Waals surface area contributed by atoms with Crippen molar-refractivity contribution in [3.63, 3.8) is 0 Å². The molecule has 1 N–H and O–H groups in total. The molecule has 0 amide bonds. The number of anilines is 1. The average Bonchev–Trinajstić information content (AvgIpc) is 2.45. The van der Waals surface area contributed by atoms with Crippen LogP contribution in [0.5, 0.6) is 0 Å². The average molecular weight is 263 g/mol. The van der Waals surface area contributed by atoms with Crippen LogP contribution in [0.3, 0.4) is 0 Å². The summed E-state index contributed by atoms with van der Waals surface area (Å²) in [6.07, 6.45) is 4.44. The van der Waals surface area contributed by atoms with Crippen LogP contribution in [-0.2, 0) is 4.74 Å². The maximum absolute atomic E-state index is 5.04. The third-order valence-electron chi connectivity index (χ3n) is 3.75. The first kappa shape index (κ1) is 14.3. The van der Waals surface area contributed by atoms with Crippen molar-refractivity contribution >= 4 is 5.82 Å². The number of ether oxygens (including phenoxy) is 1. The summed E-state index contributed by atoms with van der Waals surface area (Å²) in [6, 6.07) is 4.27. The Morgan fingerprint density at radius 1 is 1.37 bits per heavy atom. The second-order valence-corrected chi connectivity index (χ2v) is 5.32. The van der Waals surface area contributed by atoms with Gasteiger partial charge in [-0.2, -0.15) is 0 Å². The number of aromatic nitrogens is 1. The zero-order chi connectivity index (χ0) is 13.5. The van der Waals surface area contributed by atoms with Gasteiger partial charge in [-0.1, -0.05) is 6.07 Å². The van der Waals surface area contributed by atoms with Crippen molar-refractivity contribution in [2.45, 2.75) is 19.8 Å². The Bertz CT molecular complexity index is 358. The normalized spacial score (nSPS) is 16.8. The molecule has 2 heterocycles. The highest BCUT2D eigenvalue weighted by Gasteiger charge is 2.19. The first-order chi connectivity index (χ1) is 9.29. The second kappa shape index (κ2) is 7.46. The van der Waals surface area contributed by atoms with E-state index in [0.717, 1.165) is 44.5 Å². The molecule has 1 fully saturated rings. The predicted octanol–water partition coefficient (Wildman–Crippen LogP) is 1.84. The van der Waals surface area contributed by atoms with E-state index in [1.807, 2.05) is 6.20 Å². The molecule has 4 heteroatoms. The number of nitrogens with one attached hydrogen (secondary N) is 1. The minimum Gasteiger partial charge on any atom is -0.383 e. The van der Waals surface area contributed by atoms with Crippen LogP contribution in [0.4, 0.5) is 5.82 Å². The smallest absolute Gasteiger partial charge is 0.128 e. The fourth-order valence-electron chi connectivity index (χ4n) is 2.49. The minimum atomic E-state index is 0.790. The van der Waals surface area contributed by atoms with Crippen LogP contribution < -0.4 is 10.2 Å². The summed E-state index contributed by atoms with van der Waals surface area (Å²) >= 11 is 0. The second-order valence-electron chi connectivity index (χ2n) is 5.32. The summed E-state index contributed by atoms with van der Waals surface area (Å²) < 4.78 is 5.04. The van der Waals surface area contributed by atoms with Gasteiger partial charge in [0.05, 0.1) is 6.61 Å². The molecule has 1 saturated heterocycles. The lowest BCUT2D eigenvalue weighted by molar-refractivity contribution is 0.196. The van der Waals surface area contributed by atoms with Gasteiger partial charge < -0.3 is 15.0 Å². The summed E-state index contributed by atoms with van der Waals surface area (Å²) in [4.78, 5) is 6.90. The Morgan fingerprint density at radius 2 is 2.16 bits per heavy atom. The topological polar surface area (TPSA) is 37.4 Å². The van der Waals surface area contributed by atoms with E-state index < -0.39 is 0 Å². The molecule has 0 saturated carbocycles. The minimum absolute atomic E-state index is 0.790. The Labute approximate surface area is 116 Å². The van der Waals surface area contributed by atoms with E-state index in [4.69, 9.17) is 4.74 Å². The van der Waals surface area contributed by atoms with Crippen molar-refractivity contribution in [1.29, 1.82) is 0 Å². The van der Waals surface area contributed by atoms with E-state index in [-0.39, 0.29) is 0 Å². The number of methoxy groups -OCH3 is 1. The number of hydrogen-bond donors (Lipinski definition) is 1. The van der Waals surface area contributed by atoms with Crippen molar-refractivity contribution in [1.82, 2.24) is 10.3 Å². The highest BCUT2D eigenvalue weighted by Crippen LogP contribution is 2.21. The fourth-order valence-corrected chi connectivity index (χ4v) is 2.49. The molecular weight excluding hydrogens is 238 g/mol. The lowest BCUT2D eigenvalue weighted by Crippen LogP contribution is -2.38. The summed E-state index contributed by atoms with van der Waals surface area (Å²) in [5, 5.41) is 3.46. The third kappa shape index (κ3) is 4.48. The van der Waals surface area contributed by atoms with Gasteiger partial charge in [0.15, 0.2) is 0 Å². The van der Waals surface area contributed by atoms with Gasteiger partial charge in [0, 0.05) is 32.9 Å². The molecule has 19 heavy (non-hydrogen) atoms. The number of piperidine rings is 1. The van der Waals surface area contributed by atoms with Crippen molar-refractivity contribution < 1.29 is 4.74 Å². The molecule has 1 aromatic heterocycles. The summed E-state index contributed by atoms with van der Waals surface area (Å²) in [6.45, 7) is 7.18. The van der Waals surface area contributed by atoms with Gasteiger partial charge in [0.1, 0.15) is 5.82 Å². The molecule has 0 aliphatic carbocycles. The van der Waals surface area contributed by atoms with Gasteiger partial charge in [0.2, 0.25) is 0 Å². The van der Waals surface area contributed by atoms with E-state index in [2.05, 4.69) is 34.3 Å². The fraction of sp³-hybridized carbons (Fsp3) is 0.667. The van der Waals surface area contributed by atoms with Crippen molar-refractivity contribution in [2.75, 3.05) is 44.8 Å². The maximum Gasteiger partial charge on any atom is 0.128 e. The number of pyridine rings is 1. The van der Waals surface area contributed by atoms with E-state index in [0.29, 0.717) is 0 Å². The highest BCUT2D eigenvalue weighted by atomic mass is 16.5. The molecule has 1 aliphatic rings. The van der Waals surface area contributed by atoms with Crippen molar-refractivity contribution in [3.05, 3.63) is 23.9 Å². The number of nitrogens with zero attached hydrogens (tertiary/aromatic N) is 2. The molecule has 106 valence electrons. The Balaban J connectivity index is 1.71. The molecule has 0 bridgehead atoms. The van der Waals surface area contributed by atoms with Gasteiger partial charge in [-0.25, -0.2) is 4.98 Å². The molecule has 0 spiro atoms. The molecule has 1 aliphatic heterocycles. The monoisotopic (exact) mass is 263 g/mol. The van der Waals surface area contributed by atoms with Gasteiger partial charge >= 0.3 is 0 Å². The molecule has 0 aromatic carbocycles. The summed E-state index contributed by atoms with van der Waals surface area (Å²) in [5.41, 5.74) is 1.22. The third-order valence-corrected chi connectivity index (χ3v) is 3.75. The lowest BCUT2D eigenvalue weighted by atomic mass is 9.97. The van der Waals surface area contributed by atoms with Crippen LogP contribution in [0.1, 0.15) is 18.4 Å². The van der Waals surface area contributed by atoms with Gasteiger partial charge in [0.25, 0.3) is 0 Å². The van der Waals surface area contributed by atoms with Crippen LogP contribution in [0.25, 0.3) is 0 Å². The molecule has 0 radical (unpaired) electrons. The lowest BCUT2D eigenvalue weighted by Gasteiger charge is -2.33. The molecule has 4 nitrogen and oxygen atoms in total. The van der Waals surface area contributed by atoms with Crippen LogP contribution in [0, 0.1) is 12.8 Å². The quantitative estimate of drug-likeness (QED) is 0.795. The molecule has 1 aromatic rings. The van der Waals surface area contributed by atoms with Crippen LogP contribution in [0.2, 0.25) is 0 Å². The van der Waals surface area contributed by atoms with E-state index in [9.17, 15) is 0 Å². The Hall–Kier alpha value is -1.13. The number of hydrogen-bond acceptors (Lipinski definition) is 4. The summed E-state index contributed by atoms with van der Waals surface area (Å²) in [5.74, 6) is 1.91. The van der Waals surface area contributed by atoms with E-state index in [1.165, 1.54) is 18.4 Å². The Morgan fingerprint density at radius 3 is 2.79 bits per heavy atom. The van der Waals surface area contributed by atoms with E-state index in [1.54, 1.807) is 7.11 Å². The van der Waals surface area contributed by atoms with Crippen LogP contribution >= 0.6 is 0 Å². The molecule has 0 atom stereocenters. The summed E-state index contributed by atoms with van der Waals surface area (Å²) in [7, 11) is 1.74. The van der Waals surface area contributed by atoms with Crippen LogP contribution in [0.15, 0.2) is 18.3 Å². The van der Waals surface area contributed by atoms with Crippen molar-refractivity contribution in [3.8, 4) is 0 Å². The molecule has 2 rings (SSSR count). The van der Waals surface area contributed by atoms with Gasteiger partial charge in [-0.05, 0) is 43.9 Å². The van der Waals surface area contributed by atoms with Gasteiger partial charge in [-0.15, -0.1) is 0 Å². The predicted molar refractivity (Wildman–Crippen MR) is 78.7 cm³/mol. The largest absolute Gasteiger partial charge is 0.383 e. The van der Waals surface area contributed by atoms with E-state index >= 15 is 0 Å². The molecular formula is C15H25N3O. The zero-order valence-electron chi connectivity index (χ0n) is 12.1. The first-order valence-electron chi connectivity index (χ1n) is 7.17. The number of aryl methyl sites for hydroxylation is 1. The molecule has 0 unspecified atom stereocenters. The standard InChI is InChI=1S/C15H25N3O/c1-13-3-4-15(17-11-13)18-8-5-14(6-9-18)12-16-7-10-19-2/h3-4,11,14,16H,5-10,12H2,1-2H3. The Kier molecular flexibility index (Phi) is 5.61.